The molecule has 0 saturated heterocycles. The molecule has 29 heavy (non-hydrogen) atoms. The smallest absolute Gasteiger partial charge is 0.341 e. The van der Waals surface area contributed by atoms with E-state index >= 15 is 0 Å². The first-order valence-electron chi connectivity index (χ1n) is 10.3. The topological polar surface area (TPSA) is 49.9 Å². The van der Waals surface area contributed by atoms with Crippen LogP contribution >= 0.6 is 0 Å². The molecular weight excluding hydrogens is 364 g/mol. The van der Waals surface area contributed by atoms with Crippen LogP contribution in [-0.4, -0.2) is 30.4 Å². The fourth-order valence-electron chi connectivity index (χ4n) is 4.71. The van der Waals surface area contributed by atoms with E-state index < -0.39 is 11.5 Å². The molecule has 0 radical (unpaired) electrons. The molecule has 0 amide bonds. The van der Waals surface area contributed by atoms with Gasteiger partial charge in [0.2, 0.25) is 5.54 Å². The highest BCUT2D eigenvalue weighted by atomic mass is 16.5. The Kier molecular flexibility index (Phi) is 4.85. The molecule has 5 nitrogen and oxygen atoms in total. The summed E-state index contributed by atoms with van der Waals surface area (Å²) in [6.07, 6.45) is 0.278. The summed E-state index contributed by atoms with van der Waals surface area (Å²) >= 11 is 0. The number of anilines is 2. The molecule has 1 atom stereocenters. The standard InChI is InChI=1S/C24H28N2O3/c1-5-22(27)24(23(28)29-6-2)15-25-13-18-11-17(4)8-10-21(18)26(24)14-19-12-16(3)7-9-20(19)25/h7-12H,5-6,13-15H2,1-4H3/t24-/m0/s1. The molecule has 152 valence electrons. The van der Waals surface area contributed by atoms with E-state index in [4.69, 9.17) is 4.74 Å². The van der Waals surface area contributed by atoms with Gasteiger partial charge in [0.15, 0.2) is 5.78 Å². The number of esters is 1. The van der Waals surface area contributed by atoms with E-state index in [0.717, 1.165) is 22.5 Å². The number of ketones is 1. The number of aryl methyl sites for hydroxylation is 2. The van der Waals surface area contributed by atoms with Gasteiger partial charge in [0.1, 0.15) is 0 Å². The Bertz CT molecular complexity index is 984. The minimum atomic E-state index is -1.35. The molecule has 2 heterocycles. The van der Waals surface area contributed by atoms with E-state index in [-0.39, 0.29) is 18.8 Å². The number of ether oxygens (including phenoxy) is 1. The van der Waals surface area contributed by atoms with Gasteiger partial charge in [-0.25, -0.2) is 4.79 Å². The number of rotatable bonds is 4. The second kappa shape index (κ2) is 7.21. The van der Waals surface area contributed by atoms with Crippen LogP contribution in [0.1, 0.15) is 42.5 Å². The molecule has 0 spiro atoms. The lowest BCUT2D eigenvalue weighted by Gasteiger charge is -2.40. The van der Waals surface area contributed by atoms with Crippen molar-refractivity contribution in [1.29, 1.82) is 0 Å². The molecule has 2 aromatic carbocycles. The minimum Gasteiger partial charge on any atom is -0.464 e. The van der Waals surface area contributed by atoms with Crippen molar-refractivity contribution in [2.75, 3.05) is 23.0 Å². The van der Waals surface area contributed by atoms with Gasteiger partial charge in [-0.05, 0) is 44.0 Å². The highest BCUT2D eigenvalue weighted by Gasteiger charge is 2.55. The van der Waals surface area contributed by atoms with Crippen molar-refractivity contribution in [1.82, 2.24) is 0 Å². The number of fused-ring (bicyclic) bond motifs is 7. The lowest BCUT2D eigenvalue weighted by atomic mass is 9.88. The highest BCUT2D eigenvalue weighted by Crippen LogP contribution is 2.43. The molecule has 2 bridgehead atoms. The van der Waals surface area contributed by atoms with E-state index in [1.54, 1.807) is 6.92 Å². The number of carbonyl (C=O) groups excluding carboxylic acids is 2. The zero-order valence-corrected chi connectivity index (χ0v) is 17.6. The summed E-state index contributed by atoms with van der Waals surface area (Å²) in [6, 6.07) is 12.6. The molecule has 0 saturated carbocycles. The molecular formula is C24H28N2O3. The van der Waals surface area contributed by atoms with Crippen LogP contribution in [-0.2, 0) is 27.4 Å². The number of carbonyl (C=O) groups is 2. The van der Waals surface area contributed by atoms with Crippen molar-refractivity contribution in [3.63, 3.8) is 0 Å². The summed E-state index contributed by atoms with van der Waals surface area (Å²) < 4.78 is 5.50. The second-order valence-electron chi connectivity index (χ2n) is 8.06. The molecule has 2 aromatic rings. The third-order valence-corrected chi connectivity index (χ3v) is 6.07. The number of hydrogen-bond acceptors (Lipinski definition) is 5. The average molecular weight is 392 g/mol. The first-order chi connectivity index (χ1) is 13.9. The second-order valence-corrected chi connectivity index (χ2v) is 8.06. The Hall–Kier alpha value is -2.82. The van der Waals surface area contributed by atoms with Crippen molar-refractivity contribution in [3.8, 4) is 0 Å². The van der Waals surface area contributed by atoms with Gasteiger partial charge in [-0.3, -0.25) is 4.79 Å². The predicted octanol–water partition coefficient (Wildman–Crippen LogP) is 3.92. The zero-order chi connectivity index (χ0) is 20.8. The highest BCUT2D eigenvalue weighted by molar-refractivity contribution is 6.13. The molecule has 0 unspecified atom stereocenters. The maximum absolute atomic E-state index is 13.4. The van der Waals surface area contributed by atoms with Gasteiger partial charge in [0.05, 0.1) is 13.2 Å². The minimum absolute atomic E-state index is 0.0982. The molecule has 0 fully saturated rings. The quantitative estimate of drug-likeness (QED) is 0.583. The summed E-state index contributed by atoms with van der Waals surface area (Å²) in [5, 5.41) is 0. The predicted molar refractivity (Wildman–Crippen MR) is 114 cm³/mol. The van der Waals surface area contributed by atoms with Gasteiger partial charge in [-0.1, -0.05) is 42.3 Å². The lowest BCUT2D eigenvalue weighted by Crippen LogP contribution is -2.64. The summed E-state index contributed by atoms with van der Waals surface area (Å²) in [6.45, 7) is 9.44. The van der Waals surface area contributed by atoms with Gasteiger partial charge < -0.3 is 14.5 Å². The van der Waals surface area contributed by atoms with Crippen molar-refractivity contribution < 1.29 is 14.3 Å². The maximum Gasteiger partial charge on any atom is 0.341 e. The molecule has 5 heteroatoms. The zero-order valence-electron chi connectivity index (χ0n) is 17.6. The number of Topliss-reactive ketones (excluding diaryl/α,β-unsaturated/α-hetero) is 1. The molecule has 0 N–H and O–H groups in total. The monoisotopic (exact) mass is 392 g/mol. The molecule has 2 aliphatic heterocycles. The van der Waals surface area contributed by atoms with Gasteiger partial charge in [-0.15, -0.1) is 0 Å². The van der Waals surface area contributed by atoms with E-state index in [2.05, 4.69) is 43.0 Å². The number of benzene rings is 2. The van der Waals surface area contributed by atoms with E-state index in [0.29, 0.717) is 19.6 Å². The van der Waals surface area contributed by atoms with Gasteiger partial charge in [-0.2, -0.15) is 0 Å². The van der Waals surface area contributed by atoms with Gasteiger partial charge in [0.25, 0.3) is 0 Å². The number of nitrogens with zero attached hydrogens (tertiary/aromatic N) is 2. The molecule has 0 aliphatic carbocycles. The first-order valence-corrected chi connectivity index (χ1v) is 10.3. The first kappa shape index (κ1) is 19.5. The fraction of sp³-hybridized carbons (Fsp3) is 0.417. The van der Waals surface area contributed by atoms with E-state index in [1.165, 1.54) is 11.1 Å². The Morgan fingerprint density at radius 3 is 2.21 bits per heavy atom. The Morgan fingerprint density at radius 2 is 1.59 bits per heavy atom. The Balaban J connectivity index is 2.00. The van der Waals surface area contributed by atoms with Crippen LogP contribution in [0.15, 0.2) is 36.4 Å². The van der Waals surface area contributed by atoms with E-state index in [9.17, 15) is 9.59 Å². The Morgan fingerprint density at radius 1 is 0.966 bits per heavy atom. The molecule has 2 aliphatic rings. The third-order valence-electron chi connectivity index (χ3n) is 6.07. The average Bonchev–Trinajstić information content (AvgIpc) is 2.91. The lowest BCUT2D eigenvalue weighted by molar-refractivity contribution is -0.153. The Labute approximate surface area is 172 Å². The van der Waals surface area contributed by atoms with Crippen LogP contribution in [0.3, 0.4) is 0 Å². The van der Waals surface area contributed by atoms with Crippen LogP contribution < -0.4 is 9.80 Å². The normalized spacial score (nSPS) is 19.9. The van der Waals surface area contributed by atoms with Crippen molar-refractivity contribution in [3.05, 3.63) is 58.7 Å². The summed E-state index contributed by atoms with van der Waals surface area (Å²) in [5.74, 6) is -0.547. The molecule has 0 aromatic heterocycles. The van der Waals surface area contributed by atoms with Crippen LogP contribution in [0.25, 0.3) is 0 Å². The van der Waals surface area contributed by atoms with Crippen LogP contribution in [0, 0.1) is 13.8 Å². The SMILES string of the molecule is CCOC(=O)[C@@]1(C(=O)CC)CN2Cc3cc(C)ccc3N1Cc1cc(C)ccc12. The molecule has 4 rings (SSSR count). The van der Waals surface area contributed by atoms with Crippen LogP contribution in [0.5, 0.6) is 0 Å². The number of hydrogen-bond donors (Lipinski definition) is 0. The summed E-state index contributed by atoms with van der Waals surface area (Å²) in [5.41, 5.74) is 5.27. The summed E-state index contributed by atoms with van der Waals surface area (Å²) in [7, 11) is 0. The van der Waals surface area contributed by atoms with Crippen LogP contribution in [0.2, 0.25) is 0 Å². The van der Waals surface area contributed by atoms with Gasteiger partial charge >= 0.3 is 5.97 Å². The largest absolute Gasteiger partial charge is 0.464 e. The van der Waals surface area contributed by atoms with Crippen molar-refractivity contribution in [2.45, 2.75) is 52.7 Å². The van der Waals surface area contributed by atoms with Crippen molar-refractivity contribution in [2.24, 2.45) is 0 Å². The summed E-state index contributed by atoms with van der Waals surface area (Å²) in [4.78, 5) is 31.0. The van der Waals surface area contributed by atoms with Crippen molar-refractivity contribution >= 4 is 23.1 Å². The van der Waals surface area contributed by atoms with E-state index in [1.807, 2.05) is 24.0 Å². The van der Waals surface area contributed by atoms with Gasteiger partial charge in [0, 0.05) is 30.9 Å². The van der Waals surface area contributed by atoms with Crippen LogP contribution in [0.4, 0.5) is 11.4 Å². The maximum atomic E-state index is 13.4. The third kappa shape index (κ3) is 3.00. The fourth-order valence-corrected chi connectivity index (χ4v) is 4.71.